The first-order valence-electron chi connectivity index (χ1n) is 7.48. The van der Waals surface area contributed by atoms with Gasteiger partial charge in [0.2, 0.25) is 5.65 Å². The highest BCUT2D eigenvalue weighted by molar-refractivity contribution is 5.76. The molecule has 0 amide bonds. The standard InChI is InChI=1S/C19H18N3/c1-13-7-8-15(14(2)12-13)17-10-9-16-19(21(17)3)22-11-5-4-6-18(22)20-16/h4-12H,1-3H3/q+1. The molecule has 0 unspecified atom stereocenters. The van der Waals surface area contributed by atoms with Gasteiger partial charge in [-0.15, -0.1) is 0 Å². The molecule has 0 saturated carbocycles. The monoisotopic (exact) mass is 288 g/mol. The van der Waals surface area contributed by atoms with Crippen LogP contribution in [0.2, 0.25) is 0 Å². The summed E-state index contributed by atoms with van der Waals surface area (Å²) in [5.74, 6) is 0. The van der Waals surface area contributed by atoms with E-state index in [0.717, 1.165) is 16.8 Å². The fourth-order valence-corrected chi connectivity index (χ4v) is 3.20. The lowest BCUT2D eigenvalue weighted by Crippen LogP contribution is -2.33. The van der Waals surface area contributed by atoms with E-state index < -0.39 is 0 Å². The van der Waals surface area contributed by atoms with Gasteiger partial charge in [-0.1, -0.05) is 29.8 Å². The number of hydrogen-bond acceptors (Lipinski definition) is 1. The SMILES string of the molecule is Cc1ccc(-c2ccc3nc4ccccn4c3[n+]2C)c(C)c1. The third-order valence-electron chi connectivity index (χ3n) is 4.27. The van der Waals surface area contributed by atoms with Gasteiger partial charge in [-0.25, -0.2) is 9.55 Å². The highest BCUT2D eigenvalue weighted by atomic mass is 15.1. The maximum absolute atomic E-state index is 4.69. The Morgan fingerprint density at radius 1 is 1.00 bits per heavy atom. The summed E-state index contributed by atoms with van der Waals surface area (Å²) in [6, 6.07) is 17.0. The lowest BCUT2D eigenvalue weighted by Gasteiger charge is -2.08. The van der Waals surface area contributed by atoms with Crippen LogP contribution in [0.1, 0.15) is 11.1 Å². The van der Waals surface area contributed by atoms with E-state index >= 15 is 0 Å². The number of rotatable bonds is 1. The number of hydrogen-bond donors (Lipinski definition) is 0. The van der Waals surface area contributed by atoms with Crippen LogP contribution in [0.4, 0.5) is 0 Å². The first-order chi connectivity index (χ1) is 10.6. The van der Waals surface area contributed by atoms with E-state index in [1.807, 2.05) is 18.2 Å². The predicted molar refractivity (Wildman–Crippen MR) is 88.8 cm³/mol. The zero-order valence-electron chi connectivity index (χ0n) is 13.0. The Labute approximate surface area is 129 Å². The molecule has 3 heteroatoms. The molecule has 0 fully saturated rings. The maximum atomic E-state index is 4.69. The van der Waals surface area contributed by atoms with Crippen LogP contribution >= 0.6 is 0 Å². The fourth-order valence-electron chi connectivity index (χ4n) is 3.20. The average molecular weight is 288 g/mol. The second kappa shape index (κ2) is 4.67. The minimum absolute atomic E-state index is 0.978. The summed E-state index contributed by atoms with van der Waals surface area (Å²) in [7, 11) is 2.11. The number of aryl methyl sites for hydroxylation is 3. The Balaban J connectivity index is 2.07. The van der Waals surface area contributed by atoms with Gasteiger partial charge in [0, 0.05) is 11.6 Å². The van der Waals surface area contributed by atoms with Gasteiger partial charge in [-0.3, -0.25) is 0 Å². The molecule has 108 valence electrons. The molecule has 0 saturated heterocycles. The maximum Gasteiger partial charge on any atom is 0.314 e. The van der Waals surface area contributed by atoms with Crippen LogP contribution in [0.15, 0.2) is 54.7 Å². The summed E-state index contributed by atoms with van der Waals surface area (Å²) in [5, 5.41) is 0. The molecular formula is C19H18N3+. The molecular weight excluding hydrogens is 270 g/mol. The Hall–Kier alpha value is -2.68. The number of pyridine rings is 2. The van der Waals surface area contributed by atoms with Crippen molar-refractivity contribution in [2.75, 3.05) is 0 Å². The van der Waals surface area contributed by atoms with E-state index in [9.17, 15) is 0 Å². The molecule has 1 aromatic carbocycles. The molecule has 4 aromatic rings. The topological polar surface area (TPSA) is 21.2 Å². The summed E-state index contributed by atoms with van der Waals surface area (Å²) < 4.78 is 4.37. The van der Waals surface area contributed by atoms with Crippen molar-refractivity contribution >= 4 is 16.8 Å². The van der Waals surface area contributed by atoms with Crippen molar-refractivity contribution in [2.24, 2.45) is 7.05 Å². The van der Waals surface area contributed by atoms with Gasteiger partial charge in [0.05, 0.1) is 13.2 Å². The molecule has 0 aliphatic carbocycles. The van der Waals surface area contributed by atoms with E-state index in [-0.39, 0.29) is 0 Å². The first kappa shape index (κ1) is 13.0. The number of benzene rings is 1. The van der Waals surface area contributed by atoms with Crippen molar-refractivity contribution in [3.05, 3.63) is 65.9 Å². The van der Waals surface area contributed by atoms with E-state index in [1.165, 1.54) is 22.4 Å². The number of nitrogens with zero attached hydrogens (tertiary/aromatic N) is 3. The van der Waals surface area contributed by atoms with Crippen LogP contribution in [0, 0.1) is 13.8 Å². The normalized spacial score (nSPS) is 11.4. The molecule has 0 radical (unpaired) electrons. The van der Waals surface area contributed by atoms with Gasteiger partial charge < -0.3 is 0 Å². The van der Waals surface area contributed by atoms with E-state index in [0.29, 0.717) is 0 Å². The Morgan fingerprint density at radius 2 is 1.86 bits per heavy atom. The van der Waals surface area contributed by atoms with Gasteiger partial charge >= 0.3 is 5.65 Å². The zero-order chi connectivity index (χ0) is 15.3. The summed E-state index contributed by atoms with van der Waals surface area (Å²) >= 11 is 0. The molecule has 0 N–H and O–H groups in total. The number of aromatic nitrogens is 3. The molecule has 3 nitrogen and oxygen atoms in total. The van der Waals surface area contributed by atoms with Crippen LogP contribution in [-0.2, 0) is 7.05 Å². The molecule has 0 bridgehead atoms. The van der Waals surface area contributed by atoms with Crippen molar-refractivity contribution in [3.63, 3.8) is 0 Å². The second-order valence-corrected chi connectivity index (χ2v) is 5.85. The molecule has 4 rings (SSSR count). The van der Waals surface area contributed by atoms with Crippen LogP contribution in [0.25, 0.3) is 28.1 Å². The largest absolute Gasteiger partial charge is 0.314 e. The molecule has 0 aliphatic rings. The minimum atomic E-state index is 0.978. The van der Waals surface area contributed by atoms with Gasteiger partial charge in [0.1, 0.15) is 5.69 Å². The smallest absolute Gasteiger partial charge is 0.227 e. The Kier molecular flexibility index (Phi) is 2.76. The second-order valence-electron chi connectivity index (χ2n) is 5.85. The molecule has 0 aliphatic heterocycles. The van der Waals surface area contributed by atoms with Crippen LogP contribution < -0.4 is 4.57 Å². The van der Waals surface area contributed by atoms with Crippen LogP contribution in [0.3, 0.4) is 0 Å². The summed E-state index contributed by atoms with van der Waals surface area (Å²) in [5.41, 5.74) is 8.17. The van der Waals surface area contributed by atoms with Crippen molar-refractivity contribution in [1.29, 1.82) is 0 Å². The van der Waals surface area contributed by atoms with Crippen molar-refractivity contribution < 1.29 is 4.57 Å². The van der Waals surface area contributed by atoms with E-state index in [2.05, 4.69) is 71.4 Å². The minimum Gasteiger partial charge on any atom is -0.227 e. The first-order valence-corrected chi connectivity index (χ1v) is 7.48. The van der Waals surface area contributed by atoms with Crippen molar-refractivity contribution in [1.82, 2.24) is 9.38 Å². The van der Waals surface area contributed by atoms with Crippen molar-refractivity contribution in [2.45, 2.75) is 13.8 Å². The lowest BCUT2D eigenvalue weighted by atomic mass is 10.0. The quantitative estimate of drug-likeness (QED) is 0.490. The van der Waals surface area contributed by atoms with E-state index in [4.69, 9.17) is 0 Å². The molecule has 3 heterocycles. The summed E-state index contributed by atoms with van der Waals surface area (Å²) in [4.78, 5) is 4.69. The third-order valence-corrected chi connectivity index (χ3v) is 4.27. The molecule has 3 aromatic heterocycles. The molecule has 0 atom stereocenters. The zero-order valence-corrected chi connectivity index (χ0v) is 13.0. The van der Waals surface area contributed by atoms with Crippen LogP contribution in [-0.4, -0.2) is 9.38 Å². The van der Waals surface area contributed by atoms with Gasteiger partial charge in [-0.2, -0.15) is 4.40 Å². The average Bonchev–Trinajstić information content (AvgIpc) is 2.88. The Bertz CT molecular complexity index is 1010. The number of imidazole rings is 1. The van der Waals surface area contributed by atoms with Crippen molar-refractivity contribution in [3.8, 4) is 11.3 Å². The fraction of sp³-hybridized carbons (Fsp3) is 0.158. The highest BCUT2D eigenvalue weighted by Crippen LogP contribution is 2.23. The number of fused-ring (bicyclic) bond motifs is 3. The lowest BCUT2D eigenvalue weighted by molar-refractivity contribution is -0.635. The molecule has 0 spiro atoms. The third kappa shape index (κ3) is 1.82. The van der Waals surface area contributed by atoms with Gasteiger partial charge in [-0.05, 0) is 37.6 Å². The summed E-state index contributed by atoms with van der Waals surface area (Å²) in [6.45, 7) is 4.30. The Morgan fingerprint density at radius 3 is 2.68 bits per heavy atom. The predicted octanol–water partition coefficient (Wildman–Crippen LogP) is 3.60. The van der Waals surface area contributed by atoms with Gasteiger partial charge in [0.25, 0.3) is 0 Å². The van der Waals surface area contributed by atoms with E-state index in [1.54, 1.807) is 0 Å². The van der Waals surface area contributed by atoms with Crippen LogP contribution in [0.5, 0.6) is 0 Å². The van der Waals surface area contributed by atoms with Gasteiger partial charge in [0.15, 0.2) is 5.52 Å². The molecule has 22 heavy (non-hydrogen) atoms. The summed E-state index contributed by atoms with van der Waals surface area (Å²) in [6.07, 6.45) is 2.07. The highest BCUT2D eigenvalue weighted by Gasteiger charge is 2.18.